The van der Waals surface area contributed by atoms with E-state index in [0.29, 0.717) is 5.56 Å². The molecule has 0 radical (unpaired) electrons. The van der Waals surface area contributed by atoms with E-state index in [2.05, 4.69) is 10.4 Å². The number of urea groups is 1. The summed E-state index contributed by atoms with van der Waals surface area (Å²) in [5.74, 6) is -0.539. The van der Waals surface area contributed by atoms with Crippen molar-refractivity contribution in [2.45, 2.75) is 0 Å². The fourth-order valence-corrected chi connectivity index (χ4v) is 1.57. The van der Waals surface area contributed by atoms with Crippen LogP contribution in [0.15, 0.2) is 30.5 Å². The highest BCUT2D eigenvalue weighted by atomic mass is 19.1. The molecule has 0 spiro atoms. The summed E-state index contributed by atoms with van der Waals surface area (Å²) in [6, 6.07) is 5.45. The van der Waals surface area contributed by atoms with Crippen LogP contribution in [-0.4, -0.2) is 15.8 Å². The van der Waals surface area contributed by atoms with Gasteiger partial charge in [0, 0.05) is 18.8 Å². The van der Waals surface area contributed by atoms with Gasteiger partial charge in [0.2, 0.25) is 0 Å². The van der Waals surface area contributed by atoms with Crippen LogP contribution in [0.3, 0.4) is 0 Å². The number of hydrogen-bond acceptors (Lipinski definition) is 2. The maximum Gasteiger partial charge on any atom is 0.316 e. The van der Waals surface area contributed by atoms with E-state index in [-0.39, 0.29) is 5.69 Å². The molecule has 1 aromatic carbocycles. The molecule has 6 heteroatoms. The van der Waals surface area contributed by atoms with Crippen molar-refractivity contribution >= 4 is 11.7 Å². The molecular weight excluding hydrogens is 223 g/mol. The van der Waals surface area contributed by atoms with Crippen molar-refractivity contribution in [1.29, 1.82) is 0 Å². The van der Waals surface area contributed by atoms with Gasteiger partial charge in [0.05, 0.1) is 11.4 Å². The van der Waals surface area contributed by atoms with Gasteiger partial charge < -0.3 is 11.1 Å². The van der Waals surface area contributed by atoms with Gasteiger partial charge in [-0.3, -0.25) is 4.68 Å². The summed E-state index contributed by atoms with van der Waals surface area (Å²) in [5, 5.41) is 6.20. The molecule has 1 heterocycles. The molecule has 2 amide bonds. The predicted molar refractivity (Wildman–Crippen MR) is 61.8 cm³/mol. The zero-order chi connectivity index (χ0) is 12.4. The summed E-state index contributed by atoms with van der Waals surface area (Å²) in [6.45, 7) is 0. The second kappa shape index (κ2) is 4.25. The number of nitrogens with zero attached hydrogens (tertiary/aromatic N) is 2. The van der Waals surface area contributed by atoms with E-state index in [4.69, 9.17) is 5.73 Å². The SMILES string of the molecule is Cn1nccc1-c1ccc(NC(N)=O)c(F)c1. The highest BCUT2D eigenvalue weighted by Gasteiger charge is 2.08. The van der Waals surface area contributed by atoms with Crippen molar-refractivity contribution in [3.05, 3.63) is 36.3 Å². The minimum absolute atomic E-state index is 0.0587. The summed E-state index contributed by atoms with van der Waals surface area (Å²) in [5.41, 5.74) is 6.44. The second-order valence-corrected chi connectivity index (χ2v) is 3.52. The lowest BCUT2D eigenvalue weighted by Gasteiger charge is -2.06. The van der Waals surface area contributed by atoms with Gasteiger partial charge in [0.25, 0.3) is 0 Å². The molecule has 0 fully saturated rings. The van der Waals surface area contributed by atoms with Crippen LogP contribution in [0, 0.1) is 5.82 Å². The number of hydrogen-bond donors (Lipinski definition) is 2. The lowest BCUT2D eigenvalue weighted by Crippen LogP contribution is -2.20. The van der Waals surface area contributed by atoms with Crippen molar-refractivity contribution in [3.63, 3.8) is 0 Å². The van der Waals surface area contributed by atoms with Crippen LogP contribution >= 0.6 is 0 Å². The highest BCUT2D eigenvalue weighted by molar-refractivity contribution is 5.88. The van der Waals surface area contributed by atoms with Crippen molar-refractivity contribution in [2.75, 3.05) is 5.32 Å². The van der Waals surface area contributed by atoms with Gasteiger partial charge in [0.1, 0.15) is 5.82 Å². The van der Waals surface area contributed by atoms with Gasteiger partial charge in [-0.1, -0.05) is 6.07 Å². The number of anilines is 1. The maximum atomic E-state index is 13.6. The van der Waals surface area contributed by atoms with Gasteiger partial charge in [-0.15, -0.1) is 0 Å². The lowest BCUT2D eigenvalue weighted by atomic mass is 10.1. The number of nitrogens with one attached hydrogen (secondary N) is 1. The number of nitrogens with two attached hydrogens (primary N) is 1. The molecule has 0 aliphatic rings. The molecule has 0 bridgehead atoms. The molecule has 2 aromatic rings. The quantitative estimate of drug-likeness (QED) is 0.830. The molecule has 0 saturated heterocycles. The Morgan fingerprint density at radius 1 is 1.47 bits per heavy atom. The first-order valence-corrected chi connectivity index (χ1v) is 4.92. The van der Waals surface area contributed by atoms with Crippen molar-refractivity contribution in [2.24, 2.45) is 12.8 Å². The number of carbonyl (C=O) groups is 1. The Kier molecular flexibility index (Phi) is 2.78. The number of halogens is 1. The van der Waals surface area contributed by atoms with Crippen LogP contribution in [0.1, 0.15) is 0 Å². The minimum Gasteiger partial charge on any atom is -0.351 e. The first-order chi connectivity index (χ1) is 8.08. The summed E-state index contributed by atoms with van der Waals surface area (Å²) in [6.07, 6.45) is 1.63. The van der Waals surface area contributed by atoms with E-state index >= 15 is 0 Å². The van der Waals surface area contributed by atoms with Crippen LogP contribution in [0.25, 0.3) is 11.3 Å². The third kappa shape index (κ3) is 2.25. The van der Waals surface area contributed by atoms with Crippen LogP contribution < -0.4 is 11.1 Å². The monoisotopic (exact) mass is 234 g/mol. The zero-order valence-electron chi connectivity index (χ0n) is 9.14. The minimum atomic E-state index is -0.794. The van der Waals surface area contributed by atoms with Gasteiger partial charge >= 0.3 is 6.03 Å². The lowest BCUT2D eigenvalue weighted by molar-refractivity contribution is 0.259. The van der Waals surface area contributed by atoms with E-state index in [1.165, 1.54) is 12.1 Å². The first kappa shape index (κ1) is 11.1. The van der Waals surface area contributed by atoms with Gasteiger partial charge in [0.15, 0.2) is 0 Å². The van der Waals surface area contributed by atoms with Crippen LogP contribution in [0.4, 0.5) is 14.9 Å². The standard InChI is InChI=1S/C11H11FN4O/c1-16-10(4-5-14-16)7-2-3-9(8(12)6-7)15-11(13)17/h2-6H,1H3,(H3,13,15,17). The summed E-state index contributed by atoms with van der Waals surface area (Å²) in [4.78, 5) is 10.6. The summed E-state index contributed by atoms with van der Waals surface area (Å²) >= 11 is 0. The molecule has 2 rings (SSSR count). The number of rotatable bonds is 2. The average molecular weight is 234 g/mol. The Morgan fingerprint density at radius 3 is 2.76 bits per heavy atom. The third-order valence-electron chi connectivity index (χ3n) is 2.34. The number of benzene rings is 1. The number of primary amides is 1. The third-order valence-corrected chi connectivity index (χ3v) is 2.34. The van der Waals surface area contributed by atoms with Crippen LogP contribution in [0.2, 0.25) is 0 Å². The molecule has 0 unspecified atom stereocenters. The van der Waals surface area contributed by atoms with E-state index in [1.54, 1.807) is 30.1 Å². The van der Waals surface area contributed by atoms with E-state index < -0.39 is 11.8 Å². The van der Waals surface area contributed by atoms with E-state index in [1.807, 2.05) is 0 Å². The Hall–Kier alpha value is -2.37. The number of aromatic nitrogens is 2. The smallest absolute Gasteiger partial charge is 0.316 e. The Bertz CT molecular complexity index is 564. The van der Waals surface area contributed by atoms with Crippen LogP contribution in [-0.2, 0) is 7.05 Å². The summed E-state index contributed by atoms with van der Waals surface area (Å²) in [7, 11) is 1.77. The fourth-order valence-electron chi connectivity index (χ4n) is 1.57. The van der Waals surface area contributed by atoms with E-state index in [0.717, 1.165) is 5.69 Å². The topological polar surface area (TPSA) is 72.9 Å². The number of aryl methyl sites for hydroxylation is 1. The molecule has 0 atom stereocenters. The van der Waals surface area contributed by atoms with Crippen molar-refractivity contribution in [1.82, 2.24) is 9.78 Å². The molecule has 1 aromatic heterocycles. The summed E-state index contributed by atoms with van der Waals surface area (Å²) < 4.78 is 15.3. The normalized spacial score (nSPS) is 10.2. The molecule has 5 nitrogen and oxygen atoms in total. The molecule has 3 N–H and O–H groups in total. The molecule has 88 valence electrons. The van der Waals surface area contributed by atoms with Gasteiger partial charge in [-0.05, 0) is 18.2 Å². The average Bonchev–Trinajstić information content (AvgIpc) is 2.67. The first-order valence-electron chi connectivity index (χ1n) is 4.92. The Labute approximate surface area is 97.0 Å². The fraction of sp³-hybridized carbons (Fsp3) is 0.0909. The Balaban J connectivity index is 2.37. The predicted octanol–water partition coefficient (Wildman–Crippen LogP) is 1.72. The van der Waals surface area contributed by atoms with Crippen molar-refractivity contribution < 1.29 is 9.18 Å². The second-order valence-electron chi connectivity index (χ2n) is 3.52. The molecule has 0 aliphatic carbocycles. The molecular formula is C11H11FN4O. The molecule has 0 aliphatic heterocycles. The van der Waals surface area contributed by atoms with E-state index in [9.17, 15) is 9.18 Å². The van der Waals surface area contributed by atoms with Crippen molar-refractivity contribution in [3.8, 4) is 11.3 Å². The number of amides is 2. The van der Waals surface area contributed by atoms with Gasteiger partial charge in [-0.2, -0.15) is 5.10 Å². The zero-order valence-corrected chi connectivity index (χ0v) is 9.14. The number of carbonyl (C=O) groups excluding carboxylic acids is 1. The van der Waals surface area contributed by atoms with Gasteiger partial charge in [-0.25, -0.2) is 9.18 Å². The molecule has 0 saturated carbocycles. The maximum absolute atomic E-state index is 13.6. The van der Waals surface area contributed by atoms with Crippen LogP contribution in [0.5, 0.6) is 0 Å². The largest absolute Gasteiger partial charge is 0.351 e. The Morgan fingerprint density at radius 2 is 2.24 bits per heavy atom. The molecule has 17 heavy (non-hydrogen) atoms. The highest BCUT2D eigenvalue weighted by Crippen LogP contribution is 2.23.